The van der Waals surface area contributed by atoms with Gasteiger partial charge in [0.25, 0.3) is 0 Å². The maximum Gasteiger partial charge on any atom is 0.305 e. The molecule has 2 rings (SSSR count). The first-order valence-corrected chi connectivity index (χ1v) is 7.58. The Bertz CT molecular complexity index is 462. The van der Waals surface area contributed by atoms with Crippen molar-refractivity contribution in [2.24, 2.45) is 0 Å². The summed E-state index contributed by atoms with van der Waals surface area (Å²) in [7, 11) is 0. The van der Waals surface area contributed by atoms with Crippen molar-refractivity contribution in [3.05, 3.63) is 18.2 Å². The quantitative estimate of drug-likeness (QED) is 0.590. The van der Waals surface area contributed by atoms with Gasteiger partial charge in [-0.05, 0) is 31.9 Å². The number of hydrogen-bond donors (Lipinski definition) is 1. The average molecular weight is 293 g/mol. The molecular formula is C16H23NO4. The third-order valence-electron chi connectivity index (χ3n) is 3.23. The number of benzene rings is 1. The van der Waals surface area contributed by atoms with Crippen LogP contribution in [0.2, 0.25) is 0 Å². The Balaban J connectivity index is 1.62. The Labute approximate surface area is 125 Å². The van der Waals surface area contributed by atoms with Crippen LogP contribution in [0.15, 0.2) is 18.2 Å². The molecule has 1 aliphatic heterocycles. The molecule has 21 heavy (non-hydrogen) atoms. The summed E-state index contributed by atoms with van der Waals surface area (Å²) in [6, 6.07) is 5.89. The van der Waals surface area contributed by atoms with Crippen LogP contribution in [0.5, 0.6) is 11.5 Å². The number of esters is 1. The molecular weight excluding hydrogens is 270 g/mol. The summed E-state index contributed by atoms with van der Waals surface area (Å²) >= 11 is 0. The molecule has 0 radical (unpaired) electrons. The fourth-order valence-corrected chi connectivity index (χ4v) is 2.19. The molecule has 1 N–H and O–H groups in total. The van der Waals surface area contributed by atoms with Gasteiger partial charge in [-0.15, -0.1) is 0 Å². The van der Waals surface area contributed by atoms with Gasteiger partial charge in [0.15, 0.2) is 11.5 Å². The lowest BCUT2D eigenvalue weighted by molar-refractivity contribution is -0.143. The first-order valence-electron chi connectivity index (χ1n) is 7.58. The van der Waals surface area contributed by atoms with Crippen LogP contribution in [0.4, 0.5) is 5.69 Å². The molecule has 0 spiro atoms. The standard InChI is InChI=1S/C16H23NO4/c1-2-19-16(18)6-4-3-5-9-17-13-7-8-14-15(12-13)21-11-10-20-14/h7-8,12,17H,2-6,9-11H2,1H3. The van der Waals surface area contributed by atoms with Gasteiger partial charge in [-0.25, -0.2) is 0 Å². The normalized spacial score (nSPS) is 12.8. The molecule has 0 atom stereocenters. The van der Waals surface area contributed by atoms with Gasteiger partial charge in [-0.2, -0.15) is 0 Å². The maximum atomic E-state index is 11.2. The highest BCUT2D eigenvalue weighted by atomic mass is 16.6. The minimum atomic E-state index is -0.0997. The molecule has 0 bridgehead atoms. The van der Waals surface area contributed by atoms with Gasteiger partial charge in [0.1, 0.15) is 13.2 Å². The number of ether oxygens (including phenoxy) is 3. The summed E-state index contributed by atoms with van der Waals surface area (Å²) in [5, 5.41) is 3.36. The zero-order chi connectivity index (χ0) is 14.9. The van der Waals surface area contributed by atoms with Gasteiger partial charge < -0.3 is 19.5 Å². The van der Waals surface area contributed by atoms with E-state index in [1.54, 1.807) is 0 Å². The van der Waals surface area contributed by atoms with E-state index in [0.717, 1.165) is 43.0 Å². The molecule has 0 saturated heterocycles. The van der Waals surface area contributed by atoms with E-state index in [4.69, 9.17) is 14.2 Å². The van der Waals surface area contributed by atoms with Gasteiger partial charge in [0.05, 0.1) is 6.61 Å². The topological polar surface area (TPSA) is 56.8 Å². The third kappa shape index (κ3) is 5.17. The summed E-state index contributed by atoms with van der Waals surface area (Å²) in [6.45, 7) is 4.38. The number of anilines is 1. The van der Waals surface area contributed by atoms with E-state index in [0.29, 0.717) is 26.2 Å². The fourth-order valence-electron chi connectivity index (χ4n) is 2.19. The van der Waals surface area contributed by atoms with Gasteiger partial charge in [0, 0.05) is 24.7 Å². The van der Waals surface area contributed by atoms with Crippen molar-refractivity contribution < 1.29 is 19.0 Å². The predicted molar refractivity (Wildman–Crippen MR) is 81.0 cm³/mol. The Hall–Kier alpha value is -1.91. The summed E-state index contributed by atoms with van der Waals surface area (Å²) in [5.41, 5.74) is 1.03. The van der Waals surface area contributed by atoms with E-state index in [1.165, 1.54) is 0 Å². The lowest BCUT2D eigenvalue weighted by Crippen LogP contribution is -2.15. The van der Waals surface area contributed by atoms with Crippen molar-refractivity contribution in [2.45, 2.75) is 32.6 Å². The van der Waals surface area contributed by atoms with E-state index in [1.807, 2.05) is 25.1 Å². The summed E-state index contributed by atoms with van der Waals surface area (Å²) < 4.78 is 15.9. The summed E-state index contributed by atoms with van der Waals surface area (Å²) in [6.07, 6.45) is 3.42. The SMILES string of the molecule is CCOC(=O)CCCCCNc1ccc2c(c1)OCCO2. The van der Waals surface area contributed by atoms with Crippen molar-refractivity contribution in [3.8, 4) is 11.5 Å². The second-order valence-electron chi connectivity index (χ2n) is 4.90. The van der Waals surface area contributed by atoms with Crippen LogP contribution in [0.3, 0.4) is 0 Å². The van der Waals surface area contributed by atoms with Gasteiger partial charge >= 0.3 is 5.97 Å². The van der Waals surface area contributed by atoms with Crippen LogP contribution in [-0.4, -0.2) is 32.3 Å². The van der Waals surface area contributed by atoms with Crippen LogP contribution in [0, 0.1) is 0 Å². The number of fused-ring (bicyclic) bond motifs is 1. The zero-order valence-corrected chi connectivity index (χ0v) is 12.5. The van der Waals surface area contributed by atoms with E-state index >= 15 is 0 Å². The number of unbranched alkanes of at least 4 members (excludes halogenated alkanes) is 2. The highest BCUT2D eigenvalue weighted by Crippen LogP contribution is 2.32. The monoisotopic (exact) mass is 293 g/mol. The molecule has 0 aromatic heterocycles. The van der Waals surface area contributed by atoms with Gasteiger partial charge in [0.2, 0.25) is 0 Å². The van der Waals surface area contributed by atoms with Crippen LogP contribution >= 0.6 is 0 Å². The Kier molecular flexibility index (Phi) is 6.19. The molecule has 1 aromatic rings. The number of nitrogens with one attached hydrogen (secondary N) is 1. The maximum absolute atomic E-state index is 11.2. The van der Waals surface area contributed by atoms with Crippen LogP contribution in [0.25, 0.3) is 0 Å². The lowest BCUT2D eigenvalue weighted by atomic mass is 10.2. The van der Waals surface area contributed by atoms with Crippen molar-refractivity contribution in [2.75, 3.05) is 31.7 Å². The number of hydrogen-bond acceptors (Lipinski definition) is 5. The molecule has 0 aliphatic carbocycles. The van der Waals surface area contributed by atoms with E-state index in [9.17, 15) is 4.79 Å². The van der Waals surface area contributed by atoms with Crippen LogP contribution in [-0.2, 0) is 9.53 Å². The smallest absolute Gasteiger partial charge is 0.305 e. The van der Waals surface area contributed by atoms with Crippen molar-refractivity contribution >= 4 is 11.7 Å². The molecule has 1 heterocycles. The molecule has 5 nitrogen and oxygen atoms in total. The number of carbonyl (C=O) groups excluding carboxylic acids is 1. The summed E-state index contributed by atoms with van der Waals surface area (Å²) in [5.74, 6) is 1.51. The largest absolute Gasteiger partial charge is 0.486 e. The number of carbonyl (C=O) groups is 1. The molecule has 1 aliphatic rings. The van der Waals surface area contributed by atoms with Crippen molar-refractivity contribution in [3.63, 3.8) is 0 Å². The average Bonchev–Trinajstić information content (AvgIpc) is 2.51. The predicted octanol–water partition coefficient (Wildman–Crippen LogP) is 2.99. The first-order chi connectivity index (χ1) is 10.3. The van der Waals surface area contributed by atoms with Gasteiger partial charge in [-0.1, -0.05) is 6.42 Å². The first kappa shape index (κ1) is 15.5. The zero-order valence-electron chi connectivity index (χ0n) is 12.5. The van der Waals surface area contributed by atoms with Crippen LogP contribution in [0.1, 0.15) is 32.6 Å². The Morgan fingerprint density at radius 3 is 2.81 bits per heavy atom. The van der Waals surface area contributed by atoms with E-state index in [2.05, 4.69) is 5.32 Å². The molecule has 0 fully saturated rings. The Morgan fingerprint density at radius 1 is 1.19 bits per heavy atom. The van der Waals surface area contributed by atoms with Crippen molar-refractivity contribution in [1.29, 1.82) is 0 Å². The van der Waals surface area contributed by atoms with Crippen molar-refractivity contribution in [1.82, 2.24) is 0 Å². The molecule has 116 valence electrons. The molecule has 0 unspecified atom stereocenters. The second-order valence-corrected chi connectivity index (χ2v) is 4.90. The molecule has 1 aromatic carbocycles. The van der Waals surface area contributed by atoms with E-state index in [-0.39, 0.29) is 5.97 Å². The minimum absolute atomic E-state index is 0.0997. The highest BCUT2D eigenvalue weighted by molar-refractivity contribution is 5.69. The second kappa shape index (κ2) is 8.39. The molecule has 5 heteroatoms. The molecule has 0 amide bonds. The summed E-state index contributed by atoms with van der Waals surface area (Å²) in [4.78, 5) is 11.2. The van der Waals surface area contributed by atoms with Crippen LogP contribution < -0.4 is 14.8 Å². The fraction of sp³-hybridized carbons (Fsp3) is 0.562. The minimum Gasteiger partial charge on any atom is -0.486 e. The Morgan fingerprint density at radius 2 is 2.00 bits per heavy atom. The highest BCUT2D eigenvalue weighted by Gasteiger charge is 2.11. The molecule has 0 saturated carbocycles. The third-order valence-corrected chi connectivity index (χ3v) is 3.23. The van der Waals surface area contributed by atoms with E-state index < -0.39 is 0 Å². The lowest BCUT2D eigenvalue weighted by Gasteiger charge is -2.19. The number of rotatable bonds is 8. The van der Waals surface area contributed by atoms with Gasteiger partial charge in [-0.3, -0.25) is 4.79 Å².